The zero-order chi connectivity index (χ0) is 24.5. The van der Waals surface area contributed by atoms with Crippen LogP contribution < -0.4 is 21.5 Å². The van der Waals surface area contributed by atoms with Crippen molar-refractivity contribution in [3.05, 3.63) is 41.2 Å². The van der Waals surface area contributed by atoms with Gasteiger partial charge in [-0.3, -0.25) is 9.59 Å². The number of aliphatic imine (C=N–C) groups is 1. The minimum atomic E-state index is -0.658. The van der Waals surface area contributed by atoms with Crippen molar-refractivity contribution in [1.29, 1.82) is 0 Å². The summed E-state index contributed by atoms with van der Waals surface area (Å²) in [6, 6.07) is 8.48. The summed E-state index contributed by atoms with van der Waals surface area (Å²) in [6.45, 7) is 5.62. The van der Waals surface area contributed by atoms with Gasteiger partial charge in [-0.15, -0.1) is 0 Å². The molecule has 2 amide bonds. The third-order valence-corrected chi connectivity index (χ3v) is 6.57. The Labute approximate surface area is 199 Å². The van der Waals surface area contributed by atoms with E-state index >= 15 is 0 Å². The second-order valence-electron chi connectivity index (χ2n) is 9.67. The molecule has 34 heavy (non-hydrogen) atoms. The molecule has 2 aliphatic rings. The third kappa shape index (κ3) is 5.18. The van der Waals surface area contributed by atoms with Crippen molar-refractivity contribution >= 4 is 29.0 Å². The number of ether oxygens (including phenoxy) is 1. The number of aryl methyl sites for hydroxylation is 1. The molecular formula is C25H32N6O3. The molecule has 9 heteroatoms. The third-order valence-electron chi connectivity index (χ3n) is 6.57. The zero-order valence-corrected chi connectivity index (χ0v) is 19.9. The van der Waals surface area contributed by atoms with Crippen LogP contribution in [0.15, 0.2) is 29.3 Å². The highest BCUT2D eigenvalue weighted by Gasteiger charge is 2.35. The SMILES string of the molecule is Cc1nc(N)c2c(n1)OC(C)(C)C(c1ccc(C3CCC(CC(=O)NCC(N)=O)CC3)cc1)=N2. The first-order chi connectivity index (χ1) is 16.1. The van der Waals surface area contributed by atoms with E-state index < -0.39 is 11.5 Å². The summed E-state index contributed by atoms with van der Waals surface area (Å²) in [7, 11) is 0. The Morgan fingerprint density at radius 2 is 1.79 bits per heavy atom. The molecule has 2 aromatic rings. The lowest BCUT2D eigenvalue weighted by atomic mass is 9.77. The van der Waals surface area contributed by atoms with Crippen LogP contribution in [0.5, 0.6) is 5.88 Å². The maximum Gasteiger partial charge on any atom is 0.246 e. The van der Waals surface area contributed by atoms with Crippen molar-refractivity contribution in [2.75, 3.05) is 12.3 Å². The molecule has 2 heterocycles. The van der Waals surface area contributed by atoms with E-state index in [0.29, 0.717) is 41.5 Å². The van der Waals surface area contributed by atoms with Gasteiger partial charge in [-0.05, 0) is 63.9 Å². The predicted molar refractivity (Wildman–Crippen MR) is 130 cm³/mol. The summed E-state index contributed by atoms with van der Waals surface area (Å²) in [4.78, 5) is 36.1. The minimum absolute atomic E-state index is 0.0987. The fraction of sp³-hybridized carbons (Fsp3) is 0.480. The zero-order valence-electron chi connectivity index (χ0n) is 19.9. The monoisotopic (exact) mass is 464 g/mol. The molecule has 9 nitrogen and oxygen atoms in total. The number of nitrogens with zero attached hydrogens (tertiary/aromatic N) is 3. The van der Waals surface area contributed by atoms with E-state index in [1.54, 1.807) is 6.92 Å². The number of nitrogens with one attached hydrogen (secondary N) is 1. The molecule has 0 bridgehead atoms. The number of nitrogen functional groups attached to an aromatic ring is 1. The van der Waals surface area contributed by atoms with Crippen molar-refractivity contribution in [2.45, 2.75) is 64.4 Å². The number of benzene rings is 1. The Morgan fingerprint density at radius 3 is 2.44 bits per heavy atom. The van der Waals surface area contributed by atoms with Crippen LogP contribution in [0.4, 0.5) is 11.5 Å². The molecule has 180 valence electrons. The van der Waals surface area contributed by atoms with Gasteiger partial charge < -0.3 is 21.5 Å². The standard InChI is InChI=1S/C25H32N6O3/c1-14-29-23(27)21-24(30-14)34-25(2,3)22(31-21)18-10-8-17(9-11-18)16-6-4-15(5-7-16)12-20(33)28-13-19(26)32/h8-11,15-16H,4-7,12-13H2,1-3H3,(H2,26,32)(H,28,33)(H2,27,29,30). The number of aromatic nitrogens is 2. The average Bonchev–Trinajstić information content (AvgIpc) is 2.77. The maximum atomic E-state index is 12.0. The number of hydrogen-bond donors (Lipinski definition) is 3. The number of fused-ring (bicyclic) bond motifs is 1. The van der Waals surface area contributed by atoms with Gasteiger partial charge >= 0.3 is 0 Å². The Hall–Kier alpha value is -3.49. The van der Waals surface area contributed by atoms with Gasteiger partial charge in [0.1, 0.15) is 11.4 Å². The lowest BCUT2D eigenvalue weighted by Gasteiger charge is -2.32. The smallest absolute Gasteiger partial charge is 0.246 e. The van der Waals surface area contributed by atoms with Crippen LogP contribution in [0.25, 0.3) is 0 Å². The fourth-order valence-electron chi connectivity index (χ4n) is 4.82. The number of amides is 2. The number of rotatable bonds is 6. The molecule has 1 saturated carbocycles. The van der Waals surface area contributed by atoms with E-state index in [2.05, 4.69) is 39.6 Å². The molecule has 1 aromatic heterocycles. The van der Waals surface area contributed by atoms with Crippen LogP contribution in [0.1, 0.15) is 68.8 Å². The van der Waals surface area contributed by atoms with E-state index in [9.17, 15) is 9.59 Å². The second kappa shape index (κ2) is 9.40. The number of carbonyl (C=O) groups is 2. The van der Waals surface area contributed by atoms with Crippen molar-refractivity contribution < 1.29 is 14.3 Å². The van der Waals surface area contributed by atoms with Crippen LogP contribution in [-0.4, -0.2) is 39.6 Å². The highest BCUT2D eigenvalue weighted by Crippen LogP contribution is 2.40. The molecule has 0 spiro atoms. The fourth-order valence-corrected chi connectivity index (χ4v) is 4.82. The molecule has 1 aliphatic heterocycles. The van der Waals surface area contributed by atoms with Crippen molar-refractivity contribution in [3.63, 3.8) is 0 Å². The number of primary amides is 1. The first-order valence-electron chi connectivity index (χ1n) is 11.7. The Morgan fingerprint density at radius 1 is 1.12 bits per heavy atom. The summed E-state index contributed by atoms with van der Waals surface area (Å²) >= 11 is 0. The van der Waals surface area contributed by atoms with Crippen LogP contribution in [0.2, 0.25) is 0 Å². The van der Waals surface area contributed by atoms with Gasteiger partial charge in [0.15, 0.2) is 11.5 Å². The lowest BCUT2D eigenvalue weighted by Crippen LogP contribution is -2.41. The van der Waals surface area contributed by atoms with Crippen molar-refractivity contribution in [3.8, 4) is 5.88 Å². The summed E-state index contributed by atoms with van der Waals surface area (Å²) in [5.41, 5.74) is 14.0. The number of hydrogen-bond acceptors (Lipinski definition) is 7. The van der Waals surface area contributed by atoms with Gasteiger partial charge in [-0.1, -0.05) is 24.3 Å². The predicted octanol–water partition coefficient (Wildman–Crippen LogP) is 2.92. The molecule has 1 fully saturated rings. The van der Waals surface area contributed by atoms with Crippen LogP contribution in [0, 0.1) is 12.8 Å². The molecule has 4 rings (SSSR count). The van der Waals surface area contributed by atoms with Crippen molar-refractivity contribution in [1.82, 2.24) is 15.3 Å². The van der Waals surface area contributed by atoms with Gasteiger partial charge in [-0.25, -0.2) is 9.98 Å². The van der Waals surface area contributed by atoms with Crippen LogP contribution >= 0.6 is 0 Å². The van der Waals surface area contributed by atoms with Crippen LogP contribution in [0.3, 0.4) is 0 Å². The van der Waals surface area contributed by atoms with Gasteiger partial charge in [-0.2, -0.15) is 4.98 Å². The minimum Gasteiger partial charge on any atom is -0.463 e. The van der Waals surface area contributed by atoms with Gasteiger partial charge in [0.05, 0.1) is 12.3 Å². The van der Waals surface area contributed by atoms with Gasteiger partial charge in [0.2, 0.25) is 17.7 Å². The first-order valence-corrected chi connectivity index (χ1v) is 11.7. The van der Waals surface area contributed by atoms with Crippen molar-refractivity contribution in [2.24, 2.45) is 16.6 Å². The first kappa shape index (κ1) is 23.7. The summed E-state index contributed by atoms with van der Waals surface area (Å²) in [6.07, 6.45) is 4.48. The van der Waals surface area contributed by atoms with E-state index in [4.69, 9.17) is 21.2 Å². The molecule has 0 radical (unpaired) electrons. The Balaban J connectivity index is 1.42. The number of nitrogens with two attached hydrogens (primary N) is 2. The molecule has 0 atom stereocenters. The van der Waals surface area contributed by atoms with Gasteiger partial charge in [0.25, 0.3) is 0 Å². The normalized spacial score (nSPS) is 21.1. The molecule has 1 aromatic carbocycles. The van der Waals surface area contributed by atoms with Gasteiger partial charge in [0, 0.05) is 12.0 Å². The average molecular weight is 465 g/mol. The molecule has 0 unspecified atom stereocenters. The topological polar surface area (TPSA) is 146 Å². The molecular weight excluding hydrogens is 432 g/mol. The van der Waals surface area contributed by atoms with E-state index in [0.717, 1.165) is 37.0 Å². The van der Waals surface area contributed by atoms with E-state index in [-0.39, 0.29) is 12.5 Å². The number of anilines is 1. The van der Waals surface area contributed by atoms with E-state index in [1.165, 1.54) is 5.56 Å². The Bertz CT molecular complexity index is 1120. The summed E-state index contributed by atoms with van der Waals surface area (Å²) < 4.78 is 6.15. The highest BCUT2D eigenvalue weighted by atomic mass is 16.5. The molecule has 1 aliphatic carbocycles. The lowest BCUT2D eigenvalue weighted by molar-refractivity contribution is -0.125. The van der Waals surface area contributed by atoms with Crippen LogP contribution in [-0.2, 0) is 9.59 Å². The second-order valence-corrected chi connectivity index (χ2v) is 9.67. The summed E-state index contributed by atoms with van der Waals surface area (Å²) in [5, 5.41) is 2.58. The maximum absolute atomic E-state index is 12.0. The Kier molecular flexibility index (Phi) is 6.54. The molecule has 0 saturated heterocycles. The summed E-state index contributed by atoms with van der Waals surface area (Å²) in [5.74, 6) is 1.45. The van der Waals surface area contributed by atoms with E-state index in [1.807, 2.05) is 13.8 Å². The largest absolute Gasteiger partial charge is 0.463 e. The quantitative estimate of drug-likeness (QED) is 0.599. The highest BCUT2D eigenvalue weighted by molar-refractivity contribution is 6.09. The molecule has 5 N–H and O–H groups in total. The number of carbonyl (C=O) groups excluding carboxylic acids is 2.